The third-order valence-corrected chi connectivity index (χ3v) is 5.46. The summed E-state index contributed by atoms with van der Waals surface area (Å²) in [6, 6.07) is 9.97. The number of Topliss-reactive ketones (excluding diaryl/α,β-unsaturated/α-hetero) is 1. The molecule has 3 rings (SSSR count). The van der Waals surface area contributed by atoms with E-state index in [4.69, 9.17) is 4.42 Å². The fourth-order valence-electron chi connectivity index (χ4n) is 2.91. The average molecular weight is 384 g/mol. The van der Waals surface area contributed by atoms with Gasteiger partial charge in [-0.1, -0.05) is 57.7 Å². The van der Waals surface area contributed by atoms with Gasteiger partial charge in [0.1, 0.15) is 12.1 Å². The second kappa shape index (κ2) is 8.57. The molecule has 0 saturated carbocycles. The molecule has 0 aliphatic heterocycles. The number of carbonyl (C=O) groups excluding carboxylic acids is 1. The van der Waals surface area contributed by atoms with Crippen molar-refractivity contribution in [3.63, 3.8) is 0 Å². The summed E-state index contributed by atoms with van der Waals surface area (Å²) in [4.78, 5) is 12.9. The number of ketones is 1. The molecule has 0 amide bonds. The predicted molar refractivity (Wildman–Crippen MR) is 108 cm³/mol. The smallest absolute Gasteiger partial charge is 0.191 e. The van der Waals surface area contributed by atoms with Crippen LogP contribution >= 0.6 is 11.8 Å². The fourth-order valence-corrected chi connectivity index (χ4v) is 3.71. The summed E-state index contributed by atoms with van der Waals surface area (Å²) >= 11 is 1.41. The molecule has 0 N–H and O–H groups in total. The Bertz CT molecular complexity index is 898. The summed E-state index contributed by atoms with van der Waals surface area (Å²) < 4.78 is 7.27. The van der Waals surface area contributed by atoms with Crippen LogP contribution in [0.5, 0.6) is 0 Å². The molecule has 3 aromatic rings. The topological polar surface area (TPSA) is 60.9 Å². The molecule has 5 nitrogen and oxygen atoms in total. The van der Waals surface area contributed by atoms with E-state index in [-0.39, 0.29) is 5.78 Å². The Hall–Kier alpha value is -2.34. The molecule has 0 spiro atoms. The summed E-state index contributed by atoms with van der Waals surface area (Å²) in [6.07, 6.45) is 3.30. The first-order valence-corrected chi connectivity index (χ1v) is 10.1. The van der Waals surface area contributed by atoms with E-state index >= 15 is 0 Å². The van der Waals surface area contributed by atoms with Gasteiger partial charge in [0.25, 0.3) is 0 Å². The lowest BCUT2D eigenvalue weighted by atomic mass is 9.90. The van der Waals surface area contributed by atoms with Gasteiger partial charge in [0.15, 0.2) is 10.9 Å². The van der Waals surface area contributed by atoms with Crippen molar-refractivity contribution in [3.05, 3.63) is 65.4 Å². The molecule has 1 aromatic carbocycles. The van der Waals surface area contributed by atoms with Crippen LogP contribution in [0.25, 0.3) is 0 Å². The van der Waals surface area contributed by atoms with Crippen LogP contribution in [0.2, 0.25) is 0 Å². The number of furan rings is 1. The van der Waals surface area contributed by atoms with Crippen molar-refractivity contribution in [1.82, 2.24) is 14.8 Å². The van der Waals surface area contributed by atoms with Gasteiger partial charge in [-0.25, -0.2) is 0 Å². The van der Waals surface area contributed by atoms with E-state index < -0.39 is 0 Å². The summed E-state index contributed by atoms with van der Waals surface area (Å²) in [5, 5.41) is 8.82. The molecular formula is C21H25N3O2S. The van der Waals surface area contributed by atoms with E-state index in [9.17, 15) is 4.79 Å². The minimum atomic E-state index is 0.117. The average Bonchev–Trinajstić information content (AvgIpc) is 3.31. The highest BCUT2D eigenvalue weighted by atomic mass is 32.2. The van der Waals surface area contributed by atoms with Crippen LogP contribution in [-0.4, -0.2) is 26.3 Å². The SMILES string of the molecule is CC(C)c1ccc(C(=O)CSc2nncn2Cc2ccco2)c(C(C)C)c1. The molecular weight excluding hydrogens is 358 g/mol. The van der Waals surface area contributed by atoms with E-state index in [1.165, 1.54) is 17.3 Å². The van der Waals surface area contributed by atoms with E-state index in [2.05, 4.69) is 50.0 Å². The number of benzene rings is 1. The van der Waals surface area contributed by atoms with Crippen molar-refractivity contribution in [2.75, 3.05) is 5.75 Å². The largest absolute Gasteiger partial charge is 0.467 e. The van der Waals surface area contributed by atoms with Crippen LogP contribution in [0.3, 0.4) is 0 Å². The number of carbonyl (C=O) groups is 1. The lowest BCUT2D eigenvalue weighted by molar-refractivity contribution is 0.102. The highest BCUT2D eigenvalue weighted by Crippen LogP contribution is 2.27. The van der Waals surface area contributed by atoms with Crippen LogP contribution < -0.4 is 0 Å². The summed E-state index contributed by atoms with van der Waals surface area (Å²) in [7, 11) is 0. The number of hydrogen-bond acceptors (Lipinski definition) is 5. The molecule has 0 aliphatic carbocycles. The molecule has 2 heterocycles. The second-order valence-corrected chi connectivity index (χ2v) is 8.13. The van der Waals surface area contributed by atoms with Gasteiger partial charge in [-0.3, -0.25) is 4.79 Å². The summed E-state index contributed by atoms with van der Waals surface area (Å²) in [6.45, 7) is 9.15. The minimum Gasteiger partial charge on any atom is -0.467 e. The van der Waals surface area contributed by atoms with Crippen LogP contribution in [-0.2, 0) is 6.54 Å². The fraction of sp³-hybridized carbons (Fsp3) is 0.381. The molecule has 0 saturated heterocycles. The van der Waals surface area contributed by atoms with Gasteiger partial charge < -0.3 is 8.98 Å². The normalized spacial score (nSPS) is 11.5. The number of hydrogen-bond donors (Lipinski definition) is 0. The highest BCUT2D eigenvalue weighted by Gasteiger charge is 2.17. The maximum Gasteiger partial charge on any atom is 0.191 e. The molecule has 142 valence electrons. The zero-order valence-corrected chi connectivity index (χ0v) is 17.0. The van der Waals surface area contributed by atoms with Crippen molar-refractivity contribution in [2.45, 2.75) is 51.2 Å². The first-order valence-electron chi connectivity index (χ1n) is 9.15. The standard InChI is InChI=1S/C21H25N3O2S/c1-14(2)16-7-8-18(19(10-16)15(3)4)20(25)12-27-21-23-22-13-24(21)11-17-6-5-9-26-17/h5-10,13-15H,11-12H2,1-4H3. The van der Waals surface area contributed by atoms with Gasteiger partial charge in [-0.15, -0.1) is 10.2 Å². The Morgan fingerprint density at radius 2 is 2.00 bits per heavy atom. The van der Waals surface area contributed by atoms with Crippen molar-refractivity contribution in [3.8, 4) is 0 Å². The third kappa shape index (κ3) is 4.69. The van der Waals surface area contributed by atoms with Gasteiger partial charge >= 0.3 is 0 Å². The third-order valence-electron chi connectivity index (χ3n) is 4.48. The molecule has 0 atom stereocenters. The molecule has 0 bridgehead atoms. The Morgan fingerprint density at radius 3 is 2.67 bits per heavy atom. The Balaban J connectivity index is 1.72. The molecule has 0 aliphatic rings. The Kier molecular flexibility index (Phi) is 6.16. The predicted octanol–water partition coefficient (Wildman–Crippen LogP) is 5.14. The van der Waals surface area contributed by atoms with Crippen molar-refractivity contribution in [1.29, 1.82) is 0 Å². The van der Waals surface area contributed by atoms with Crippen LogP contribution in [0.1, 0.15) is 66.8 Å². The van der Waals surface area contributed by atoms with Gasteiger partial charge in [-0.2, -0.15) is 0 Å². The van der Waals surface area contributed by atoms with Crippen LogP contribution in [0.4, 0.5) is 0 Å². The number of rotatable bonds is 8. The van der Waals surface area contributed by atoms with Gasteiger partial charge in [0.05, 0.1) is 18.6 Å². The minimum absolute atomic E-state index is 0.117. The molecule has 27 heavy (non-hydrogen) atoms. The first kappa shape index (κ1) is 19.4. The number of nitrogens with zero attached hydrogens (tertiary/aromatic N) is 3. The molecule has 0 fully saturated rings. The monoisotopic (exact) mass is 383 g/mol. The van der Waals surface area contributed by atoms with Crippen molar-refractivity contribution in [2.24, 2.45) is 0 Å². The zero-order chi connectivity index (χ0) is 19.4. The maximum absolute atomic E-state index is 12.9. The van der Waals surface area contributed by atoms with E-state index in [0.717, 1.165) is 16.9 Å². The summed E-state index contributed by atoms with van der Waals surface area (Å²) in [5.74, 6) is 2.02. The lowest BCUT2D eigenvalue weighted by Crippen LogP contribution is -2.10. The number of aromatic nitrogens is 3. The van der Waals surface area contributed by atoms with E-state index in [1.54, 1.807) is 12.6 Å². The van der Waals surface area contributed by atoms with Crippen molar-refractivity contribution < 1.29 is 9.21 Å². The number of thioether (sulfide) groups is 1. The first-order chi connectivity index (χ1) is 13.0. The zero-order valence-electron chi connectivity index (χ0n) is 16.2. The van der Waals surface area contributed by atoms with Crippen LogP contribution in [0, 0.1) is 0 Å². The second-order valence-electron chi connectivity index (χ2n) is 7.19. The molecule has 0 unspecified atom stereocenters. The Morgan fingerprint density at radius 1 is 1.19 bits per heavy atom. The van der Waals surface area contributed by atoms with Gasteiger partial charge in [0.2, 0.25) is 0 Å². The van der Waals surface area contributed by atoms with E-state index in [0.29, 0.717) is 29.3 Å². The molecule has 2 aromatic heterocycles. The lowest BCUT2D eigenvalue weighted by Gasteiger charge is -2.15. The van der Waals surface area contributed by atoms with Crippen LogP contribution in [0.15, 0.2) is 52.5 Å². The van der Waals surface area contributed by atoms with Crippen molar-refractivity contribution >= 4 is 17.5 Å². The summed E-state index contributed by atoms with van der Waals surface area (Å²) in [5.41, 5.74) is 3.18. The van der Waals surface area contributed by atoms with Gasteiger partial charge in [0, 0.05) is 5.56 Å². The van der Waals surface area contributed by atoms with E-state index in [1.807, 2.05) is 22.8 Å². The quantitative estimate of drug-likeness (QED) is 0.398. The molecule has 0 radical (unpaired) electrons. The van der Waals surface area contributed by atoms with Gasteiger partial charge in [-0.05, 0) is 35.1 Å². The maximum atomic E-state index is 12.9. The molecule has 6 heteroatoms. The Labute approximate surface area is 164 Å². The highest BCUT2D eigenvalue weighted by molar-refractivity contribution is 7.99.